The third-order valence-corrected chi connectivity index (χ3v) is 3.06. The summed E-state index contributed by atoms with van der Waals surface area (Å²) in [7, 11) is -3.76. The third kappa shape index (κ3) is 2.73. The van der Waals surface area contributed by atoms with Gasteiger partial charge in [-0.1, -0.05) is 0 Å². The Morgan fingerprint density at radius 1 is 1.60 bits per heavy atom. The van der Waals surface area contributed by atoms with Crippen LogP contribution in [0.15, 0.2) is 23.2 Å². The maximum Gasteiger partial charge on any atom is 0.243 e. The van der Waals surface area contributed by atoms with Crippen LogP contribution in [0.1, 0.15) is 5.69 Å². The summed E-state index contributed by atoms with van der Waals surface area (Å²) >= 11 is 0. The molecular weight excluding hydrogens is 218 g/mol. The second kappa shape index (κ2) is 4.84. The molecule has 0 radical (unpaired) electrons. The van der Waals surface area contributed by atoms with Gasteiger partial charge in [0.1, 0.15) is 11.0 Å². The second-order valence-corrected chi connectivity index (χ2v) is 4.32. The molecular formula is C8H9N3O3S. The maximum absolute atomic E-state index is 11.6. The van der Waals surface area contributed by atoms with Crippen molar-refractivity contribution in [1.29, 1.82) is 5.26 Å². The number of aliphatic hydroxyl groups excluding tert-OH is 1. The van der Waals surface area contributed by atoms with Gasteiger partial charge in [0.05, 0.1) is 6.61 Å². The van der Waals surface area contributed by atoms with Gasteiger partial charge in [0.15, 0.2) is 5.69 Å². The van der Waals surface area contributed by atoms with Crippen molar-refractivity contribution in [2.24, 2.45) is 0 Å². The van der Waals surface area contributed by atoms with Gasteiger partial charge in [-0.15, -0.1) is 0 Å². The predicted octanol–water partition coefficient (Wildman–Crippen LogP) is -0.776. The maximum atomic E-state index is 11.6. The van der Waals surface area contributed by atoms with Crippen molar-refractivity contribution < 1.29 is 13.5 Å². The minimum absolute atomic E-state index is 0.0951. The first-order chi connectivity index (χ1) is 7.11. The summed E-state index contributed by atoms with van der Waals surface area (Å²) in [5.74, 6) is 0. The van der Waals surface area contributed by atoms with Crippen LogP contribution in [0.5, 0.6) is 0 Å². The van der Waals surface area contributed by atoms with E-state index in [0.29, 0.717) is 0 Å². The summed E-state index contributed by atoms with van der Waals surface area (Å²) in [6, 6.07) is 4.39. The molecule has 2 N–H and O–H groups in total. The van der Waals surface area contributed by atoms with E-state index in [1.807, 2.05) is 0 Å². The first kappa shape index (κ1) is 11.6. The molecule has 7 heteroatoms. The van der Waals surface area contributed by atoms with Crippen LogP contribution in [-0.4, -0.2) is 31.7 Å². The fourth-order valence-electron chi connectivity index (χ4n) is 0.949. The minimum atomic E-state index is -3.76. The lowest BCUT2D eigenvalue weighted by Gasteiger charge is -2.05. The number of aliphatic hydroxyl groups is 1. The average Bonchev–Trinajstić information content (AvgIpc) is 2.26. The van der Waals surface area contributed by atoms with Gasteiger partial charge in [-0.25, -0.2) is 18.1 Å². The Kier molecular flexibility index (Phi) is 3.74. The molecule has 0 fully saturated rings. The molecule has 0 aliphatic rings. The summed E-state index contributed by atoms with van der Waals surface area (Å²) in [4.78, 5) is 3.45. The van der Waals surface area contributed by atoms with Crippen molar-refractivity contribution in [3.63, 3.8) is 0 Å². The zero-order valence-electron chi connectivity index (χ0n) is 7.71. The summed E-state index contributed by atoms with van der Waals surface area (Å²) in [5, 5.41) is 17.1. The number of nitriles is 1. The smallest absolute Gasteiger partial charge is 0.243 e. The number of sulfonamides is 1. The van der Waals surface area contributed by atoms with Gasteiger partial charge in [-0.2, -0.15) is 5.26 Å². The number of nitrogens with zero attached hydrogens (tertiary/aromatic N) is 2. The highest BCUT2D eigenvalue weighted by atomic mass is 32.2. The van der Waals surface area contributed by atoms with Gasteiger partial charge in [0.2, 0.25) is 10.0 Å². The SMILES string of the molecule is N#Cc1ncccc1S(=O)(=O)NCCO. The number of hydrogen-bond acceptors (Lipinski definition) is 5. The average molecular weight is 227 g/mol. The van der Waals surface area contributed by atoms with Crippen LogP contribution >= 0.6 is 0 Å². The molecule has 80 valence electrons. The van der Waals surface area contributed by atoms with Crippen molar-refractivity contribution in [1.82, 2.24) is 9.71 Å². The number of hydrogen-bond donors (Lipinski definition) is 2. The lowest BCUT2D eigenvalue weighted by Crippen LogP contribution is -2.27. The number of aromatic nitrogens is 1. The van der Waals surface area contributed by atoms with Crippen LogP contribution in [-0.2, 0) is 10.0 Å². The Labute approximate surface area is 87.2 Å². The summed E-state index contributed by atoms with van der Waals surface area (Å²) in [6.45, 7) is -0.399. The number of nitrogens with one attached hydrogen (secondary N) is 1. The van der Waals surface area contributed by atoms with Crippen LogP contribution in [0.25, 0.3) is 0 Å². The monoisotopic (exact) mass is 227 g/mol. The standard InChI is InChI=1S/C8H9N3O3S/c9-6-7-8(2-1-3-10-7)15(13,14)11-4-5-12/h1-3,11-12H,4-5H2. The molecule has 1 rings (SSSR count). The molecule has 0 amide bonds. The Bertz CT molecular complexity index is 478. The van der Waals surface area contributed by atoms with Crippen LogP contribution in [0, 0.1) is 11.3 Å². The van der Waals surface area contributed by atoms with E-state index >= 15 is 0 Å². The Hall–Kier alpha value is -1.49. The molecule has 0 unspecified atom stereocenters. The van der Waals surface area contributed by atoms with Gasteiger partial charge in [-0.05, 0) is 12.1 Å². The van der Waals surface area contributed by atoms with E-state index in [-0.39, 0.29) is 23.7 Å². The number of pyridine rings is 1. The predicted molar refractivity (Wildman–Crippen MR) is 51.2 cm³/mol. The van der Waals surface area contributed by atoms with E-state index in [1.165, 1.54) is 18.3 Å². The lowest BCUT2D eigenvalue weighted by molar-refractivity contribution is 0.301. The lowest BCUT2D eigenvalue weighted by atomic mass is 10.4. The molecule has 0 spiro atoms. The van der Waals surface area contributed by atoms with E-state index in [2.05, 4.69) is 9.71 Å². The fraction of sp³-hybridized carbons (Fsp3) is 0.250. The van der Waals surface area contributed by atoms with Gasteiger partial charge < -0.3 is 5.11 Å². The molecule has 0 bridgehead atoms. The van der Waals surface area contributed by atoms with Gasteiger partial charge >= 0.3 is 0 Å². The molecule has 0 saturated carbocycles. The Morgan fingerprint density at radius 2 is 2.33 bits per heavy atom. The third-order valence-electron chi connectivity index (χ3n) is 1.57. The van der Waals surface area contributed by atoms with Crippen LogP contribution in [0.4, 0.5) is 0 Å². The quantitative estimate of drug-likeness (QED) is 0.702. The first-order valence-corrected chi connectivity index (χ1v) is 5.56. The van der Waals surface area contributed by atoms with Gasteiger partial charge in [0, 0.05) is 12.7 Å². The summed E-state index contributed by atoms with van der Waals surface area (Å²) in [5.41, 5.74) is -0.164. The van der Waals surface area contributed by atoms with Gasteiger partial charge in [0.25, 0.3) is 0 Å². The molecule has 15 heavy (non-hydrogen) atoms. The van der Waals surface area contributed by atoms with Crippen molar-refractivity contribution in [2.75, 3.05) is 13.2 Å². The van der Waals surface area contributed by atoms with Gasteiger partial charge in [-0.3, -0.25) is 0 Å². The molecule has 0 aromatic carbocycles. The topological polar surface area (TPSA) is 103 Å². The zero-order chi connectivity index (χ0) is 11.3. The molecule has 0 aliphatic carbocycles. The molecule has 6 nitrogen and oxygen atoms in total. The summed E-state index contributed by atoms with van der Waals surface area (Å²) in [6.07, 6.45) is 1.34. The first-order valence-electron chi connectivity index (χ1n) is 4.07. The number of rotatable bonds is 4. The van der Waals surface area contributed by atoms with Crippen LogP contribution < -0.4 is 4.72 Å². The summed E-state index contributed by atoms with van der Waals surface area (Å²) < 4.78 is 25.2. The van der Waals surface area contributed by atoms with E-state index in [9.17, 15) is 8.42 Å². The second-order valence-electron chi connectivity index (χ2n) is 2.58. The molecule has 0 saturated heterocycles. The molecule has 1 aromatic rings. The van der Waals surface area contributed by atoms with Crippen LogP contribution in [0.3, 0.4) is 0 Å². The highest BCUT2D eigenvalue weighted by Gasteiger charge is 2.18. The molecule has 0 atom stereocenters. The fourth-order valence-corrected chi connectivity index (χ4v) is 2.08. The normalized spacial score (nSPS) is 10.9. The highest BCUT2D eigenvalue weighted by molar-refractivity contribution is 7.89. The van der Waals surface area contributed by atoms with Crippen LogP contribution in [0.2, 0.25) is 0 Å². The molecule has 1 heterocycles. The van der Waals surface area contributed by atoms with Crippen molar-refractivity contribution in [2.45, 2.75) is 4.90 Å². The minimum Gasteiger partial charge on any atom is -0.395 e. The van der Waals surface area contributed by atoms with E-state index in [0.717, 1.165) is 0 Å². The Balaban J connectivity index is 3.11. The largest absolute Gasteiger partial charge is 0.395 e. The molecule has 0 aliphatic heterocycles. The Morgan fingerprint density at radius 3 is 2.93 bits per heavy atom. The van der Waals surface area contributed by atoms with Crippen molar-refractivity contribution in [3.05, 3.63) is 24.0 Å². The van der Waals surface area contributed by atoms with Crippen molar-refractivity contribution >= 4 is 10.0 Å². The zero-order valence-corrected chi connectivity index (χ0v) is 8.53. The van der Waals surface area contributed by atoms with E-state index in [4.69, 9.17) is 10.4 Å². The van der Waals surface area contributed by atoms with E-state index < -0.39 is 10.0 Å². The highest BCUT2D eigenvalue weighted by Crippen LogP contribution is 2.10. The van der Waals surface area contributed by atoms with Crippen molar-refractivity contribution in [3.8, 4) is 6.07 Å². The van der Waals surface area contributed by atoms with E-state index in [1.54, 1.807) is 6.07 Å². The molecule has 1 aromatic heterocycles.